The molecule has 6 heteroatoms. The highest BCUT2D eigenvalue weighted by molar-refractivity contribution is 6.05. The van der Waals surface area contributed by atoms with Crippen molar-refractivity contribution in [2.75, 3.05) is 32.5 Å². The number of anilines is 1. The van der Waals surface area contributed by atoms with E-state index in [1.807, 2.05) is 45.3 Å². The highest BCUT2D eigenvalue weighted by atomic mass is 16.2. The van der Waals surface area contributed by atoms with Gasteiger partial charge in [0, 0.05) is 24.6 Å². The summed E-state index contributed by atoms with van der Waals surface area (Å²) in [6.07, 6.45) is 3.77. The molecule has 0 saturated carbocycles. The molecule has 6 nitrogen and oxygen atoms in total. The molecule has 0 bridgehead atoms. The van der Waals surface area contributed by atoms with Crippen LogP contribution in [0, 0.1) is 6.92 Å². The molecule has 132 valence electrons. The van der Waals surface area contributed by atoms with E-state index in [4.69, 9.17) is 0 Å². The van der Waals surface area contributed by atoms with Crippen LogP contribution in [-0.4, -0.2) is 48.9 Å². The van der Waals surface area contributed by atoms with Gasteiger partial charge in [0.25, 0.3) is 11.8 Å². The lowest BCUT2D eigenvalue weighted by atomic mass is 10.1. The van der Waals surface area contributed by atoms with Crippen LogP contribution in [0.5, 0.6) is 0 Å². The van der Waals surface area contributed by atoms with Crippen LogP contribution < -0.4 is 10.6 Å². The van der Waals surface area contributed by atoms with Crippen LogP contribution in [0.25, 0.3) is 0 Å². The van der Waals surface area contributed by atoms with E-state index in [0.29, 0.717) is 23.4 Å². The molecule has 1 aromatic heterocycles. The number of hydrogen-bond donors (Lipinski definition) is 2. The van der Waals surface area contributed by atoms with Gasteiger partial charge in [-0.3, -0.25) is 14.6 Å². The zero-order valence-electron chi connectivity index (χ0n) is 14.9. The number of nitrogens with one attached hydrogen (secondary N) is 2. The number of pyridine rings is 1. The first kappa shape index (κ1) is 18.6. The van der Waals surface area contributed by atoms with E-state index in [9.17, 15) is 9.59 Å². The van der Waals surface area contributed by atoms with Crippen molar-refractivity contribution in [1.82, 2.24) is 15.2 Å². The number of amides is 2. The Kier molecular flexibility index (Phi) is 6.65. The van der Waals surface area contributed by atoms with Gasteiger partial charge in [0.05, 0.1) is 11.1 Å². The Balaban J connectivity index is 1.96. The SMILES string of the molecule is Cc1ccc(NC(=O)c2cncc(C(=O)NCCCN(C)C)c2)cc1. The predicted molar refractivity (Wildman–Crippen MR) is 98.9 cm³/mol. The number of benzene rings is 1. The molecule has 1 aromatic carbocycles. The molecule has 0 aliphatic rings. The maximum Gasteiger partial charge on any atom is 0.257 e. The van der Waals surface area contributed by atoms with Crippen LogP contribution in [0.15, 0.2) is 42.7 Å². The summed E-state index contributed by atoms with van der Waals surface area (Å²) in [5.74, 6) is -0.519. The van der Waals surface area contributed by atoms with Crippen LogP contribution in [-0.2, 0) is 0 Å². The fraction of sp³-hybridized carbons (Fsp3) is 0.316. The van der Waals surface area contributed by atoms with Gasteiger partial charge in [-0.05, 0) is 52.2 Å². The monoisotopic (exact) mass is 340 g/mol. The minimum Gasteiger partial charge on any atom is -0.352 e. The Labute approximate surface area is 148 Å². The van der Waals surface area contributed by atoms with Crippen molar-refractivity contribution in [3.05, 3.63) is 59.4 Å². The molecule has 1 heterocycles. The molecular weight excluding hydrogens is 316 g/mol. The molecule has 2 aromatic rings. The van der Waals surface area contributed by atoms with Crippen molar-refractivity contribution in [3.63, 3.8) is 0 Å². The number of aryl methyl sites for hydroxylation is 1. The number of carbonyl (C=O) groups is 2. The lowest BCUT2D eigenvalue weighted by Gasteiger charge is -2.10. The Morgan fingerprint density at radius 1 is 1.04 bits per heavy atom. The van der Waals surface area contributed by atoms with Crippen LogP contribution in [0.3, 0.4) is 0 Å². The second kappa shape index (κ2) is 8.94. The van der Waals surface area contributed by atoms with Gasteiger partial charge in [-0.25, -0.2) is 0 Å². The fourth-order valence-electron chi connectivity index (χ4n) is 2.23. The van der Waals surface area contributed by atoms with Crippen molar-refractivity contribution in [2.24, 2.45) is 0 Å². The van der Waals surface area contributed by atoms with Crippen LogP contribution >= 0.6 is 0 Å². The maximum atomic E-state index is 12.3. The molecule has 0 aliphatic carbocycles. The second-order valence-electron chi connectivity index (χ2n) is 6.20. The summed E-state index contributed by atoms with van der Waals surface area (Å²) in [7, 11) is 3.98. The molecule has 0 atom stereocenters. The average Bonchev–Trinajstić information content (AvgIpc) is 2.60. The van der Waals surface area contributed by atoms with Crippen molar-refractivity contribution in [2.45, 2.75) is 13.3 Å². The third-order valence-corrected chi connectivity index (χ3v) is 3.64. The predicted octanol–water partition coefficient (Wildman–Crippen LogP) is 2.32. The van der Waals surface area contributed by atoms with E-state index < -0.39 is 0 Å². The van der Waals surface area contributed by atoms with Crippen molar-refractivity contribution >= 4 is 17.5 Å². The first-order chi connectivity index (χ1) is 12.0. The largest absolute Gasteiger partial charge is 0.352 e. The lowest BCUT2D eigenvalue weighted by Crippen LogP contribution is -2.27. The Morgan fingerprint density at radius 2 is 1.68 bits per heavy atom. The van der Waals surface area contributed by atoms with Crippen LogP contribution in [0.1, 0.15) is 32.7 Å². The molecule has 2 N–H and O–H groups in total. The number of nitrogens with zero attached hydrogens (tertiary/aromatic N) is 2. The summed E-state index contributed by atoms with van der Waals surface area (Å²) < 4.78 is 0. The zero-order valence-corrected chi connectivity index (χ0v) is 14.9. The third kappa shape index (κ3) is 6.00. The molecule has 0 spiro atoms. The molecule has 0 unspecified atom stereocenters. The normalized spacial score (nSPS) is 10.6. The Bertz CT molecular complexity index is 726. The van der Waals surface area contributed by atoms with Gasteiger partial charge < -0.3 is 15.5 Å². The molecule has 0 saturated heterocycles. The molecular formula is C19H24N4O2. The summed E-state index contributed by atoms with van der Waals surface area (Å²) in [6, 6.07) is 9.07. The topological polar surface area (TPSA) is 74.3 Å². The van der Waals surface area contributed by atoms with E-state index in [-0.39, 0.29) is 11.8 Å². The quantitative estimate of drug-likeness (QED) is 0.759. The first-order valence-electron chi connectivity index (χ1n) is 8.21. The molecule has 0 fully saturated rings. The molecule has 2 amide bonds. The van der Waals surface area contributed by atoms with Crippen LogP contribution in [0.2, 0.25) is 0 Å². The summed E-state index contributed by atoms with van der Waals surface area (Å²) in [6.45, 7) is 3.46. The number of aromatic nitrogens is 1. The van der Waals surface area contributed by atoms with Gasteiger partial charge in [-0.2, -0.15) is 0 Å². The number of rotatable bonds is 7. The van der Waals surface area contributed by atoms with E-state index in [2.05, 4.69) is 20.5 Å². The summed E-state index contributed by atoms with van der Waals surface area (Å²) >= 11 is 0. The Morgan fingerprint density at radius 3 is 2.32 bits per heavy atom. The minimum atomic E-state index is -0.293. The lowest BCUT2D eigenvalue weighted by molar-refractivity contribution is 0.0952. The second-order valence-corrected chi connectivity index (χ2v) is 6.20. The summed E-state index contributed by atoms with van der Waals surface area (Å²) in [4.78, 5) is 30.6. The maximum absolute atomic E-state index is 12.3. The van der Waals surface area contributed by atoms with Gasteiger partial charge >= 0.3 is 0 Å². The molecule has 0 aliphatic heterocycles. The average molecular weight is 340 g/mol. The van der Waals surface area contributed by atoms with E-state index in [0.717, 1.165) is 18.5 Å². The highest BCUT2D eigenvalue weighted by Gasteiger charge is 2.11. The zero-order chi connectivity index (χ0) is 18.2. The van der Waals surface area contributed by atoms with Gasteiger partial charge in [-0.15, -0.1) is 0 Å². The van der Waals surface area contributed by atoms with Gasteiger partial charge in [0.15, 0.2) is 0 Å². The van der Waals surface area contributed by atoms with Crippen molar-refractivity contribution < 1.29 is 9.59 Å². The van der Waals surface area contributed by atoms with Crippen LogP contribution in [0.4, 0.5) is 5.69 Å². The summed E-state index contributed by atoms with van der Waals surface area (Å²) in [5.41, 5.74) is 2.55. The standard InChI is InChI=1S/C19H24N4O2/c1-14-5-7-17(8-6-14)22-19(25)16-11-15(12-20-13-16)18(24)21-9-4-10-23(2)3/h5-8,11-13H,4,9-10H2,1-3H3,(H,21,24)(H,22,25). The highest BCUT2D eigenvalue weighted by Crippen LogP contribution is 2.11. The van der Waals surface area contributed by atoms with Gasteiger partial charge in [0.1, 0.15) is 0 Å². The van der Waals surface area contributed by atoms with E-state index in [1.165, 1.54) is 12.4 Å². The first-order valence-corrected chi connectivity index (χ1v) is 8.21. The molecule has 2 rings (SSSR count). The fourth-order valence-corrected chi connectivity index (χ4v) is 2.23. The van der Waals surface area contributed by atoms with Gasteiger partial charge in [0.2, 0.25) is 0 Å². The molecule has 25 heavy (non-hydrogen) atoms. The minimum absolute atomic E-state index is 0.226. The summed E-state index contributed by atoms with van der Waals surface area (Å²) in [5, 5.41) is 5.64. The number of carbonyl (C=O) groups excluding carboxylic acids is 2. The number of hydrogen-bond acceptors (Lipinski definition) is 4. The van der Waals surface area contributed by atoms with Gasteiger partial charge in [-0.1, -0.05) is 17.7 Å². The van der Waals surface area contributed by atoms with Crippen molar-refractivity contribution in [3.8, 4) is 0 Å². The van der Waals surface area contributed by atoms with E-state index in [1.54, 1.807) is 6.07 Å². The third-order valence-electron chi connectivity index (χ3n) is 3.64. The van der Waals surface area contributed by atoms with Crippen molar-refractivity contribution in [1.29, 1.82) is 0 Å². The van der Waals surface area contributed by atoms with E-state index >= 15 is 0 Å². The smallest absolute Gasteiger partial charge is 0.257 e. The Hall–Kier alpha value is -2.73. The molecule has 0 radical (unpaired) electrons.